The van der Waals surface area contributed by atoms with E-state index < -0.39 is 29.9 Å². The minimum Gasteiger partial charge on any atom is -0.457 e. The molecule has 14 atom stereocenters. The summed E-state index contributed by atoms with van der Waals surface area (Å²) in [6.45, 7) is 17.4. The molecule has 8 nitrogen and oxygen atoms in total. The Kier molecular flexibility index (Phi) is 6.68. The fraction of sp³-hybridized carbons (Fsp3) is 0.974. The summed E-state index contributed by atoms with van der Waals surface area (Å²) in [7, 11) is 0. The van der Waals surface area contributed by atoms with Crippen molar-refractivity contribution in [1.29, 1.82) is 0 Å². The zero-order valence-electron chi connectivity index (χ0n) is 30.1. The maximum atomic E-state index is 12.6. The van der Waals surface area contributed by atoms with Gasteiger partial charge in [-0.1, -0.05) is 27.7 Å². The number of carbonyl (C=O) groups is 1. The number of morpholine rings is 1. The van der Waals surface area contributed by atoms with Crippen molar-refractivity contribution in [3.63, 3.8) is 0 Å². The Morgan fingerprint density at radius 2 is 1.79 bits per heavy atom. The number of rotatable bonds is 6. The van der Waals surface area contributed by atoms with Crippen LogP contribution in [-0.4, -0.2) is 89.2 Å². The van der Waals surface area contributed by atoms with Gasteiger partial charge in [-0.2, -0.15) is 0 Å². The molecule has 0 aromatic heterocycles. The van der Waals surface area contributed by atoms with Crippen molar-refractivity contribution in [1.82, 2.24) is 4.90 Å². The highest BCUT2D eigenvalue weighted by Gasteiger charge is 2.97. The summed E-state index contributed by atoms with van der Waals surface area (Å²) < 4.78 is 25.7. The van der Waals surface area contributed by atoms with Crippen LogP contribution in [0, 0.1) is 50.2 Å². The van der Waals surface area contributed by atoms with Crippen molar-refractivity contribution in [2.75, 3.05) is 19.7 Å². The molecule has 7 saturated carbocycles. The number of hydrogen-bond acceptors (Lipinski definition) is 8. The first kappa shape index (κ1) is 32.2. The molecule has 264 valence electrons. The monoisotopic (exact) mass is 655 g/mol. The summed E-state index contributed by atoms with van der Waals surface area (Å²) in [6.07, 6.45) is 11.2. The van der Waals surface area contributed by atoms with Crippen LogP contribution < -0.4 is 0 Å². The Hall–Kier alpha value is -0.770. The summed E-state index contributed by atoms with van der Waals surface area (Å²) in [6, 6.07) is 0.752. The smallest absolute Gasteiger partial charge is 0.303 e. The quantitative estimate of drug-likeness (QED) is 0.364. The molecule has 0 radical (unpaired) electrons. The first-order chi connectivity index (χ1) is 22.1. The average Bonchev–Trinajstić information content (AvgIpc) is 3.90. The van der Waals surface area contributed by atoms with Crippen LogP contribution in [0.5, 0.6) is 0 Å². The predicted molar refractivity (Wildman–Crippen MR) is 175 cm³/mol. The van der Waals surface area contributed by atoms with Crippen LogP contribution in [0.2, 0.25) is 0 Å². The topological polar surface area (TPSA) is 97.7 Å². The van der Waals surface area contributed by atoms with E-state index in [0.29, 0.717) is 22.7 Å². The fourth-order valence-corrected chi connectivity index (χ4v) is 15.3. The van der Waals surface area contributed by atoms with Gasteiger partial charge in [-0.3, -0.25) is 9.69 Å². The SMILES string of the molecule is CC(=O)OC(C1CC(C)C2C(O1)C(O)C13CC14CCC1C(C)(C)C(OC5CN(C6CC6)CCO5)CCC15CC54CCC23C)C(C)(C)O. The van der Waals surface area contributed by atoms with Crippen LogP contribution in [0.15, 0.2) is 0 Å². The molecule has 9 aliphatic rings. The molecule has 2 saturated heterocycles. The molecule has 14 unspecified atom stereocenters. The predicted octanol–water partition coefficient (Wildman–Crippen LogP) is 5.46. The standard InChI is InChI=1S/C39H61NO7/c1-22-18-25(32(34(5,6)43)45-23(2)41)46-30-29(22)35(7)14-15-37-20-36(37)12-11-27(47-28-19-40(16-17-44-28)24-8-9-24)33(3,4)26(36)10-13-38(37)21-39(35,38)31(30)42/h22,24-32,42-43H,8-21H2,1-7H3. The molecule has 0 aromatic carbocycles. The lowest BCUT2D eigenvalue weighted by Gasteiger charge is -2.60. The molecule has 2 heterocycles. The summed E-state index contributed by atoms with van der Waals surface area (Å²) in [5, 5.41) is 23.6. The normalized spacial score (nSPS) is 54.9. The highest BCUT2D eigenvalue weighted by atomic mass is 16.7. The van der Waals surface area contributed by atoms with E-state index in [4.69, 9.17) is 18.9 Å². The lowest BCUT2D eigenvalue weighted by molar-refractivity contribution is -0.246. The molecule has 9 fully saturated rings. The van der Waals surface area contributed by atoms with Crippen LogP contribution >= 0.6 is 0 Å². The molecular weight excluding hydrogens is 594 g/mol. The minimum absolute atomic E-state index is 0.0244. The van der Waals surface area contributed by atoms with Crippen LogP contribution in [0.3, 0.4) is 0 Å². The lowest BCUT2D eigenvalue weighted by Crippen LogP contribution is -2.57. The van der Waals surface area contributed by atoms with Crippen LogP contribution in [0.25, 0.3) is 0 Å². The Balaban J connectivity index is 0.975. The Bertz CT molecular complexity index is 1330. The van der Waals surface area contributed by atoms with E-state index in [9.17, 15) is 15.0 Å². The van der Waals surface area contributed by atoms with E-state index in [0.717, 1.165) is 51.4 Å². The second kappa shape index (κ2) is 9.76. The molecular formula is C39H61NO7. The van der Waals surface area contributed by atoms with E-state index in [1.54, 1.807) is 13.8 Å². The number of ether oxygens (including phenoxy) is 4. The second-order valence-electron chi connectivity index (χ2n) is 19.7. The average molecular weight is 656 g/mol. The van der Waals surface area contributed by atoms with Crippen LogP contribution in [-0.2, 0) is 23.7 Å². The number of fused-ring (bicyclic) bond motifs is 2. The highest BCUT2D eigenvalue weighted by molar-refractivity contribution is 5.66. The number of carbonyl (C=O) groups excluding carboxylic acids is 1. The summed E-state index contributed by atoms with van der Waals surface area (Å²) in [5.74, 6) is 0.805. The molecule has 2 N–H and O–H groups in total. The van der Waals surface area contributed by atoms with Crippen molar-refractivity contribution in [2.24, 2.45) is 50.2 Å². The summed E-state index contributed by atoms with van der Waals surface area (Å²) in [5.41, 5.74) is -0.373. The molecule has 0 bridgehead atoms. The van der Waals surface area contributed by atoms with Crippen molar-refractivity contribution >= 4 is 5.97 Å². The van der Waals surface area contributed by atoms with Gasteiger partial charge < -0.3 is 29.2 Å². The van der Waals surface area contributed by atoms with Gasteiger partial charge in [0.25, 0.3) is 0 Å². The maximum absolute atomic E-state index is 12.6. The summed E-state index contributed by atoms with van der Waals surface area (Å²) >= 11 is 0. The van der Waals surface area contributed by atoms with Crippen LogP contribution in [0.4, 0.5) is 0 Å². The van der Waals surface area contributed by atoms with Gasteiger partial charge in [0.15, 0.2) is 12.4 Å². The second-order valence-corrected chi connectivity index (χ2v) is 19.7. The van der Waals surface area contributed by atoms with E-state index in [1.165, 1.54) is 51.9 Å². The van der Waals surface area contributed by atoms with Gasteiger partial charge in [0, 0.05) is 31.5 Å². The van der Waals surface area contributed by atoms with Gasteiger partial charge in [0.1, 0.15) is 0 Å². The Morgan fingerprint density at radius 3 is 2.49 bits per heavy atom. The van der Waals surface area contributed by atoms with Crippen molar-refractivity contribution in [2.45, 2.75) is 168 Å². The molecule has 7 aliphatic carbocycles. The van der Waals surface area contributed by atoms with Gasteiger partial charge in [-0.25, -0.2) is 0 Å². The zero-order valence-corrected chi connectivity index (χ0v) is 30.1. The molecule has 9 rings (SSSR count). The Morgan fingerprint density at radius 1 is 1.02 bits per heavy atom. The van der Waals surface area contributed by atoms with E-state index in [1.807, 2.05) is 0 Å². The molecule has 8 heteroatoms. The molecule has 4 spiro atoms. The Labute approximate surface area is 282 Å². The lowest BCUT2D eigenvalue weighted by atomic mass is 9.45. The number of esters is 1. The number of aliphatic hydroxyl groups excluding tert-OH is 1. The minimum atomic E-state index is -1.24. The van der Waals surface area contributed by atoms with Gasteiger partial charge in [-0.15, -0.1) is 0 Å². The third kappa shape index (κ3) is 3.90. The van der Waals surface area contributed by atoms with Crippen molar-refractivity contribution in [3.05, 3.63) is 0 Å². The zero-order chi connectivity index (χ0) is 33.2. The first-order valence-electron chi connectivity index (χ1n) is 19.3. The maximum Gasteiger partial charge on any atom is 0.303 e. The molecule has 0 aromatic rings. The van der Waals surface area contributed by atoms with E-state index in [2.05, 4.69) is 32.6 Å². The largest absolute Gasteiger partial charge is 0.457 e. The van der Waals surface area contributed by atoms with E-state index >= 15 is 0 Å². The van der Waals surface area contributed by atoms with Gasteiger partial charge in [0.05, 0.1) is 36.6 Å². The number of hydrogen-bond donors (Lipinski definition) is 2. The van der Waals surface area contributed by atoms with Crippen molar-refractivity contribution < 1.29 is 34.0 Å². The molecule has 2 aliphatic heterocycles. The van der Waals surface area contributed by atoms with Crippen LogP contribution in [0.1, 0.15) is 119 Å². The molecule has 0 amide bonds. The number of nitrogens with zero attached hydrogens (tertiary/aromatic N) is 1. The van der Waals surface area contributed by atoms with Gasteiger partial charge in [-0.05, 0) is 129 Å². The number of aliphatic hydroxyl groups is 2. The first-order valence-corrected chi connectivity index (χ1v) is 19.3. The highest BCUT2D eigenvalue weighted by Crippen LogP contribution is 3.01. The molecule has 47 heavy (non-hydrogen) atoms. The van der Waals surface area contributed by atoms with Gasteiger partial charge in [0.2, 0.25) is 0 Å². The van der Waals surface area contributed by atoms with Crippen molar-refractivity contribution in [3.8, 4) is 0 Å². The van der Waals surface area contributed by atoms with E-state index in [-0.39, 0.29) is 46.1 Å². The van der Waals surface area contributed by atoms with Gasteiger partial charge >= 0.3 is 5.97 Å². The third-order valence-corrected chi connectivity index (χ3v) is 17.1. The summed E-state index contributed by atoms with van der Waals surface area (Å²) in [4.78, 5) is 14.7. The third-order valence-electron chi connectivity index (χ3n) is 17.1. The fourth-order valence-electron chi connectivity index (χ4n) is 15.3.